The van der Waals surface area contributed by atoms with Gasteiger partial charge >= 0.3 is 0 Å². The minimum Gasteiger partial charge on any atom is -0.369 e. The number of pyridine rings is 1. The van der Waals surface area contributed by atoms with Crippen LogP contribution in [0.15, 0.2) is 78.9 Å². The van der Waals surface area contributed by atoms with E-state index in [1.165, 1.54) is 11.3 Å². The predicted octanol–water partition coefficient (Wildman–Crippen LogP) is 5.46. The third kappa shape index (κ3) is 5.42. The molecule has 1 saturated heterocycles. The minimum absolute atomic E-state index is 0.0274. The zero-order valence-corrected chi connectivity index (χ0v) is 21.2. The Balaban J connectivity index is 1.19. The summed E-state index contributed by atoms with van der Waals surface area (Å²) >= 11 is 0. The summed E-state index contributed by atoms with van der Waals surface area (Å²) in [6.07, 6.45) is 0.938. The fraction of sp³-hybridized carbons (Fsp3) is 0.290. The van der Waals surface area contributed by atoms with Gasteiger partial charge in [0.2, 0.25) is 0 Å². The predicted molar refractivity (Wildman–Crippen MR) is 149 cm³/mol. The Labute approximate surface area is 213 Å². The molecule has 0 radical (unpaired) electrons. The number of anilines is 1. The zero-order chi connectivity index (χ0) is 24.9. The van der Waals surface area contributed by atoms with E-state index in [9.17, 15) is 4.79 Å². The minimum atomic E-state index is -0.0274. The molecule has 1 aliphatic heterocycles. The highest BCUT2D eigenvalue weighted by molar-refractivity contribution is 6.09. The average Bonchev–Trinajstić information content (AvgIpc) is 2.91. The lowest BCUT2D eigenvalue weighted by Crippen LogP contribution is -2.47. The van der Waals surface area contributed by atoms with Crippen molar-refractivity contribution in [3.8, 4) is 11.1 Å². The summed E-state index contributed by atoms with van der Waals surface area (Å²) in [6.45, 7) is 9.90. The summed E-state index contributed by atoms with van der Waals surface area (Å²) in [7, 11) is 0. The molecule has 5 nitrogen and oxygen atoms in total. The molecule has 1 N–H and O–H groups in total. The number of aryl methyl sites for hydroxylation is 2. The van der Waals surface area contributed by atoms with Gasteiger partial charge in [0.1, 0.15) is 0 Å². The van der Waals surface area contributed by atoms with Crippen molar-refractivity contribution in [3.05, 3.63) is 95.7 Å². The zero-order valence-electron chi connectivity index (χ0n) is 21.2. The van der Waals surface area contributed by atoms with E-state index in [1.54, 1.807) is 0 Å². The van der Waals surface area contributed by atoms with Gasteiger partial charge in [-0.05, 0) is 50.6 Å². The normalized spacial score (nSPS) is 14.2. The van der Waals surface area contributed by atoms with Gasteiger partial charge in [0.25, 0.3) is 5.91 Å². The lowest BCUT2D eigenvalue weighted by molar-refractivity contribution is 0.0953. The molecule has 0 aliphatic carbocycles. The van der Waals surface area contributed by atoms with Crippen LogP contribution in [0, 0.1) is 13.8 Å². The highest BCUT2D eigenvalue weighted by Crippen LogP contribution is 2.30. The number of rotatable bonds is 7. The molecule has 0 bridgehead atoms. The number of amides is 1. The molecular weight excluding hydrogens is 444 g/mol. The molecule has 0 saturated carbocycles. The Bertz CT molecular complexity index is 1330. The van der Waals surface area contributed by atoms with E-state index < -0.39 is 0 Å². The highest BCUT2D eigenvalue weighted by Gasteiger charge is 2.18. The van der Waals surface area contributed by atoms with Crippen LogP contribution in [0.2, 0.25) is 0 Å². The van der Waals surface area contributed by atoms with Gasteiger partial charge in [0.05, 0.1) is 11.1 Å². The molecule has 1 aliphatic rings. The van der Waals surface area contributed by atoms with E-state index in [0.717, 1.165) is 66.9 Å². The summed E-state index contributed by atoms with van der Waals surface area (Å²) in [6, 6.07) is 27.1. The fourth-order valence-corrected chi connectivity index (χ4v) is 5.00. The average molecular weight is 479 g/mol. The number of nitrogens with one attached hydrogen (secondary N) is 1. The third-order valence-corrected chi connectivity index (χ3v) is 7.01. The molecule has 3 aromatic carbocycles. The maximum absolute atomic E-state index is 13.2. The molecule has 0 spiro atoms. The molecule has 0 unspecified atom stereocenters. The van der Waals surface area contributed by atoms with Crippen molar-refractivity contribution in [2.45, 2.75) is 20.3 Å². The van der Waals surface area contributed by atoms with Crippen LogP contribution in [0.4, 0.5) is 5.69 Å². The molecular formula is C31H34N4O. The summed E-state index contributed by atoms with van der Waals surface area (Å²) in [5.74, 6) is -0.0274. The molecule has 1 aromatic heterocycles. The van der Waals surface area contributed by atoms with Gasteiger partial charge in [-0.25, -0.2) is 0 Å². The van der Waals surface area contributed by atoms with E-state index in [1.807, 2.05) is 25.1 Å². The van der Waals surface area contributed by atoms with Crippen molar-refractivity contribution in [1.82, 2.24) is 15.2 Å². The maximum atomic E-state index is 13.2. The highest BCUT2D eigenvalue weighted by atomic mass is 16.1. The summed E-state index contributed by atoms with van der Waals surface area (Å²) in [4.78, 5) is 22.9. The molecule has 5 heteroatoms. The molecule has 4 aromatic rings. The first-order valence-electron chi connectivity index (χ1n) is 12.9. The molecule has 1 amide bonds. The summed E-state index contributed by atoms with van der Waals surface area (Å²) in [5, 5.41) is 4.05. The molecule has 36 heavy (non-hydrogen) atoms. The number of aromatic nitrogens is 1. The SMILES string of the molecule is Cc1ccc(-c2cccc3c(C(=O)NCCCN4CCN(c5ccccc5)CC4)cc(C)nc23)cc1. The van der Waals surface area contributed by atoms with Crippen LogP contribution in [0.3, 0.4) is 0 Å². The molecule has 0 atom stereocenters. The van der Waals surface area contributed by atoms with Gasteiger partial charge < -0.3 is 10.2 Å². The van der Waals surface area contributed by atoms with Gasteiger partial charge in [-0.2, -0.15) is 0 Å². The van der Waals surface area contributed by atoms with Crippen LogP contribution < -0.4 is 10.2 Å². The van der Waals surface area contributed by atoms with Crippen LogP contribution >= 0.6 is 0 Å². The van der Waals surface area contributed by atoms with Gasteiger partial charge in [-0.3, -0.25) is 14.7 Å². The maximum Gasteiger partial charge on any atom is 0.252 e. The van der Waals surface area contributed by atoms with Gasteiger partial charge in [-0.1, -0.05) is 66.2 Å². The van der Waals surface area contributed by atoms with Crippen molar-refractivity contribution in [3.63, 3.8) is 0 Å². The first kappa shape index (κ1) is 24.0. The Morgan fingerprint density at radius 2 is 1.64 bits per heavy atom. The Hall–Kier alpha value is -3.70. The number of fused-ring (bicyclic) bond motifs is 1. The number of piperazine rings is 1. The second kappa shape index (κ2) is 10.9. The Morgan fingerprint density at radius 3 is 2.39 bits per heavy atom. The smallest absolute Gasteiger partial charge is 0.252 e. The standard InChI is InChI=1S/C31H34N4O/c1-23-12-14-25(15-13-23)27-10-6-11-28-29(22-24(2)33-30(27)28)31(36)32-16-7-17-34-18-20-35(21-19-34)26-8-4-3-5-9-26/h3-6,8-15,22H,7,16-21H2,1-2H3,(H,32,36). The van der Waals surface area contributed by atoms with Gasteiger partial charge in [0.15, 0.2) is 0 Å². The number of nitrogens with zero attached hydrogens (tertiary/aromatic N) is 3. The lowest BCUT2D eigenvalue weighted by atomic mass is 9.98. The molecule has 2 heterocycles. The molecule has 1 fully saturated rings. The quantitative estimate of drug-likeness (QED) is 0.358. The monoisotopic (exact) mass is 478 g/mol. The van der Waals surface area contributed by atoms with E-state index in [2.05, 4.69) is 82.7 Å². The topological polar surface area (TPSA) is 48.5 Å². The van der Waals surface area contributed by atoms with E-state index in [0.29, 0.717) is 12.1 Å². The number of carbonyl (C=O) groups excluding carboxylic acids is 1. The van der Waals surface area contributed by atoms with Crippen LogP contribution in [0.5, 0.6) is 0 Å². The van der Waals surface area contributed by atoms with Crippen molar-refractivity contribution in [1.29, 1.82) is 0 Å². The van der Waals surface area contributed by atoms with Crippen LogP contribution in [0.25, 0.3) is 22.0 Å². The lowest BCUT2D eigenvalue weighted by Gasteiger charge is -2.36. The van der Waals surface area contributed by atoms with Crippen molar-refractivity contribution < 1.29 is 4.79 Å². The van der Waals surface area contributed by atoms with E-state index in [-0.39, 0.29) is 5.91 Å². The second-order valence-corrected chi connectivity index (χ2v) is 9.65. The first-order chi connectivity index (χ1) is 17.6. The fourth-order valence-electron chi connectivity index (χ4n) is 5.00. The van der Waals surface area contributed by atoms with Crippen LogP contribution in [-0.2, 0) is 0 Å². The summed E-state index contributed by atoms with van der Waals surface area (Å²) in [5.41, 5.74) is 7.12. The van der Waals surface area contributed by atoms with Crippen molar-refractivity contribution >= 4 is 22.5 Å². The van der Waals surface area contributed by atoms with Gasteiger partial charge in [0, 0.05) is 55.1 Å². The number of hydrogen-bond donors (Lipinski definition) is 1. The van der Waals surface area contributed by atoms with Crippen molar-refractivity contribution in [2.24, 2.45) is 0 Å². The Morgan fingerprint density at radius 1 is 0.889 bits per heavy atom. The number of benzene rings is 3. The van der Waals surface area contributed by atoms with Gasteiger partial charge in [-0.15, -0.1) is 0 Å². The first-order valence-corrected chi connectivity index (χ1v) is 12.9. The number of para-hydroxylation sites is 2. The summed E-state index contributed by atoms with van der Waals surface area (Å²) < 4.78 is 0. The largest absolute Gasteiger partial charge is 0.369 e. The van der Waals surface area contributed by atoms with E-state index in [4.69, 9.17) is 4.98 Å². The second-order valence-electron chi connectivity index (χ2n) is 9.65. The molecule has 5 rings (SSSR count). The molecule has 184 valence electrons. The van der Waals surface area contributed by atoms with Crippen LogP contribution in [-0.4, -0.2) is 55.1 Å². The Kier molecular flexibility index (Phi) is 7.28. The van der Waals surface area contributed by atoms with Crippen LogP contribution in [0.1, 0.15) is 28.0 Å². The van der Waals surface area contributed by atoms with E-state index >= 15 is 0 Å². The van der Waals surface area contributed by atoms with Crippen molar-refractivity contribution in [2.75, 3.05) is 44.2 Å². The number of hydrogen-bond acceptors (Lipinski definition) is 4. The number of carbonyl (C=O) groups is 1. The third-order valence-electron chi connectivity index (χ3n) is 7.01.